The van der Waals surface area contributed by atoms with Crippen molar-refractivity contribution in [2.24, 2.45) is 0 Å². The van der Waals surface area contributed by atoms with Crippen LogP contribution in [0.4, 0.5) is 0 Å². The molecule has 0 spiro atoms. The maximum absolute atomic E-state index is 11.3. The lowest BCUT2D eigenvalue weighted by Crippen LogP contribution is -2.05. The number of unbranched alkanes of at least 4 members (excludes halogenated alkanes) is 1. The molecule has 2 aromatic rings. The molecule has 0 aliphatic carbocycles. The number of aromatic carboxylic acids is 1. The Bertz CT molecular complexity index is 646. The predicted molar refractivity (Wildman–Crippen MR) is 88.4 cm³/mol. The quantitative estimate of drug-likeness (QED) is 0.572. The highest BCUT2D eigenvalue weighted by Crippen LogP contribution is 2.10. The number of benzene rings is 2. The van der Waals surface area contributed by atoms with Gasteiger partial charge in [0.15, 0.2) is 0 Å². The molecule has 6 nitrogen and oxygen atoms in total. The van der Waals surface area contributed by atoms with Crippen molar-refractivity contribution in [1.29, 1.82) is 0 Å². The average molecular weight is 332 g/mol. The summed E-state index contributed by atoms with van der Waals surface area (Å²) in [5.74, 6) is -1.10. The molecule has 0 aromatic heterocycles. The number of phenolic OH excluding ortho intramolecular Hbond substituents is 2. The summed E-state index contributed by atoms with van der Waals surface area (Å²) in [6.07, 6.45) is 1.88. The zero-order valence-corrected chi connectivity index (χ0v) is 13.3. The summed E-state index contributed by atoms with van der Waals surface area (Å²) in [6, 6.07) is 11.4. The molecule has 2 aromatic carbocycles. The molecule has 6 heteroatoms. The summed E-state index contributed by atoms with van der Waals surface area (Å²) in [5.41, 5.74) is 0.650. The van der Waals surface area contributed by atoms with Gasteiger partial charge in [0, 0.05) is 0 Å². The molecule has 0 aliphatic heterocycles. The Hall–Kier alpha value is -3.02. The van der Waals surface area contributed by atoms with Gasteiger partial charge in [0.25, 0.3) is 0 Å². The Morgan fingerprint density at radius 2 is 1.33 bits per heavy atom. The first-order chi connectivity index (χ1) is 11.4. The van der Waals surface area contributed by atoms with E-state index in [2.05, 4.69) is 0 Å². The third-order valence-electron chi connectivity index (χ3n) is 2.95. The van der Waals surface area contributed by atoms with E-state index >= 15 is 0 Å². The second-order valence-electron chi connectivity index (χ2n) is 4.89. The van der Waals surface area contributed by atoms with E-state index in [0.29, 0.717) is 12.2 Å². The number of rotatable bonds is 5. The molecule has 0 saturated carbocycles. The van der Waals surface area contributed by atoms with Crippen LogP contribution in [0.5, 0.6) is 11.5 Å². The number of hydrogen-bond acceptors (Lipinski definition) is 5. The van der Waals surface area contributed by atoms with Gasteiger partial charge < -0.3 is 20.1 Å². The SMILES string of the molecule is CCCCOC(=O)c1ccc(O)cc1.O=C(O)c1ccc(O)cc1. The lowest BCUT2D eigenvalue weighted by atomic mass is 10.2. The fraction of sp³-hybridized carbons (Fsp3) is 0.222. The molecule has 128 valence electrons. The molecule has 0 unspecified atom stereocenters. The summed E-state index contributed by atoms with van der Waals surface area (Å²) in [5, 5.41) is 26.1. The molecule has 0 fully saturated rings. The molecule has 0 amide bonds. The van der Waals surface area contributed by atoms with Crippen molar-refractivity contribution < 1.29 is 29.6 Å². The van der Waals surface area contributed by atoms with Crippen molar-refractivity contribution in [2.75, 3.05) is 6.61 Å². The fourth-order valence-electron chi connectivity index (χ4n) is 1.59. The van der Waals surface area contributed by atoms with Crippen molar-refractivity contribution in [1.82, 2.24) is 0 Å². The lowest BCUT2D eigenvalue weighted by Gasteiger charge is -2.03. The van der Waals surface area contributed by atoms with Crippen LogP contribution in [-0.4, -0.2) is 33.9 Å². The smallest absolute Gasteiger partial charge is 0.338 e. The Kier molecular flexibility index (Phi) is 7.84. The van der Waals surface area contributed by atoms with Crippen LogP contribution in [0.1, 0.15) is 40.5 Å². The molecule has 2 rings (SSSR count). The van der Waals surface area contributed by atoms with Crippen molar-refractivity contribution in [2.45, 2.75) is 19.8 Å². The Labute approximate surface area is 140 Å². The minimum Gasteiger partial charge on any atom is -0.508 e. The van der Waals surface area contributed by atoms with Gasteiger partial charge in [-0.1, -0.05) is 13.3 Å². The van der Waals surface area contributed by atoms with Gasteiger partial charge in [-0.3, -0.25) is 0 Å². The first-order valence-electron chi connectivity index (χ1n) is 7.42. The van der Waals surface area contributed by atoms with Gasteiger partial charge >= 0.3 is 11.9 Å². The summed E-state index contributed by atoms with van der Waals surface area (Å²) in [4.78, 5) is 21.6. The number of esters is 1. The van der Waals surface area contributed by atoms with Crippen LogP contribution in [0, 0.1) is 0 Å². The molecular formula is C18H20O6. The summed E-state index contributed by atoms with van der Waals surface area (Å²) in [7, 11) is 0. The Morgan fingerprint density at radius 1 is 0.875 bits per heavy atom. The second kappa shape index (κ2) is 9.89. The third kappa shape index (κ3) is 6.83. The standard InChI is InChI=1S/C11H14O3.C7H6O3/c1-2-3-8-14-11(13)9-4-6-10(12)7-5-9;8-6-3-1-5(2-4-6)7(9)10/h4-7,12H,2-3,8H2,1H3;1-4,8H,(H,9,10). The minimum absolute atomic E-state index is 0.0741. The van der Waals surface area contributed by atoms with Crippen LogP contribution in [0.15, 0.2) is 48.5 Å². The molecule has 0 radical (unpaired) electrons. The van der Waals surface area contributed by atoms with E-state index in [1.807, 2.05) is 6.92 Å². The van der Waals surface area contributed by atoms with Crippen LogP contribution >= 0.6 is 0 Å². The zero-order valence-electron chi connectivity index (χ0n) is 13.3. The predicted octanol–water partition coefficient (Wildman–Crippen LogP) is 3.44. The highest BCUT2D eigenvalue weighted by molar-refractivity contribution is 5.89. The highest BCUT2D eigenvalue weighted by Gasteiger charge is 2.05. The van der Waals surface area contributed by atoms with Gasteiger partial charge in [-0.15, -0.1) is 0 Å². The summed E-state index contributed by atoms with van der Waals surface area (Å²) < 4.78 is 4.99. The topological polar surface area (TPSA) is 104 Å². The normalized spacial score (nSPS) is 9.54. The summed E-state index contributed by atoms with van der Waals surface area (Å²) in [6.45, 7) is 2.49. The number of hydrogen-bond donors (Lipinski definition) is 3. The van der Waals surface area contributed by atoms with E-state index < -0.39 is 5.97 Å². The van der Waals surface area contributed by atoms with E-state index in [4.69, 9.17) is 20.1 Å². The lowest BCUT2D eigenvalue weighted by molar-refractivity contribution is 0.0499. The van der Waals surface area contributed by atoms with E-state index in [1.54, 1.807) is 12.1 Å². The van der Waals surface area contributed by atoms with Crippen molar-refractivity contribution in [3.8, 4) is 11.5 Å². The monoisotopic (exact) mass is 332 g/mol. The van der Waals surface area contributed by atoms with E-state index in [1.165, 1.54) is 36.4 Å². The van der Waals surface area contributed by atoms with Gasteiger partial charge in [0.05, 0.1) is 17.7 Å². The van der Waals surface area contributed by atoms with E-state index in [9.17, 15) is 9.59 Å². The van der Waals surface area contributed by atoms with Crippen molar-refractivity contribution in [3.05, 3.63) is 59.7 Å². The second-order valence-corrected chi connectivity index (χ2v) is 4.89. The zero-order chi connectivity index (χ0) is 17.9. The molecule has 0 atom stereocenters. The molecule has 24 heavy (non-hydrogen) atoms. The van der Waals surface area contributed by atoms with Gasteiger partial charge in [-0.05, 0) is 55.0 Å². The van der Waals surface area contributed by atoms with Crippen LogP contribution in [0.3, 0.4) is 0 Å². The van der Waals surface area contributed by atoms with Crippen molar-refractivity contribution >= 4 is 11.9 Å². The largest absolute Gasteiger partial charge is 0.508 e. The van der Waals surface area contributed by atoms with Crippen LogP contribution in [-0.2, 0) is 4.74 Å². The summed E-state index contributed by atoms with van der Waals surface area (Å²) >= 11 is 0. The van der Waals surface area contributed by atoms with Crippen LogP contribution in [0.25, 0.3) is 0 Å². The van der Waals surface area contributed by atoms with Gasteiger partial charge in [-0.25, -0.2) is 9.59 Å². The number of ether oxygens (including phenoxy) is 1. The average Bonchev–Trinajstić information content (AvgIpc) is 2.56. The van der Waals surface area contributed by atoms with E-state index in [-0.39, 0.29) is 23.0 Å². The van der Waals surface area contributed by atoms with Gasteiger partial charge in [-0.2, -0.15) is 0 Å². The molecule has 3 N–H and O–H groups in total. The fourth-order valence-corrected chi connectivity index (χ4v) is 1.59. The van der Waals surface area contributed by atoms with Crippen LogP contribution in [0.2, 0.25) is 0 Å². The Morgan fingerprint density at radius 3 is 1.75 bits per heavy atom. The number of carbonyl (C=O) groups excluding carboxylic acids is 1. The molecule has 0 heterocycles. The third-order valence-corrected chi connectivity index (χ3v) is 2.95. The van der Waals surface area contributed by atoms with E-state index in [0.717, 1.165) is 12.8 Å². The number of carboxylic acids is 1. The molecule has 0 saturated heterocycles. The van der Waals surface area contributed by atoms with Crippen molar-refractivity contribution in [3.63, 3.8) is 0 Å². The maximum Gasteiger partial charge on any atom is 0.338 e. The number of carbonyl (C=O) groups is 2. The number of aromatic hydroxyl groups is 2. The minimum atomic E-state index is -0.986. The Balaban J connectivity index is 0.000000254. The number of phenols is 2. The van der Waals surface area contributed by atoms with Crippen LogP contribution < -0.4 is 0 Å². The molecule has 0 bridgehead atoms. The first kappa shape index (κ1) is 19.0. The van der Waals surface area contributed by atoms with Gasteiger partial charge in [0.1, 0.15) is 11.5 Å². The number of carboxylic acid groups (broad SMARTS) is 1. The van der Waals surface area contributed by atoms with Gasteiger partial charge in [0.2, 0.25) is 0 Å². The molecular weight excluding hydrogens is 312 g/mol. The molecule has 0 aliphatic rings. The maximum atomic E-state index is 11.3. The highest BCUT2D eigenvalue weighted by atomic mass is 16.5. The first-order valence-corrected chi connectivity index (χ1v) is 7.42.